The highest BCUT2D eigenvalue weighted by Gasteiger charge is 2.34. The van der Waals surface area contributed by atoms with Crippen LogP contribution in [0, 0.1) is 0 Å². The van der Waals surface area contributed by atoms with Crippen LogP contribution < -0.4 is 15.5 Å². The molecule has 0 saturated carbocycles. The number of nitrogens with zero attached hydrogens (tertiary/aromatic N) is 3. The first-order valence-electron chi connectivity index (χ1n) is 9.32. The van der Waals surface area contributed by atoms with E-state index in [-0.39, 0.29) is 16.9 Å². The summed E-state index contributed by atoms with van der Waals surface area (Å²) in [6.07, 6.45) is -0.586. The third kappa shape index (κ3) is 6.43. The van der Waals surface area contributed by atoms with E-state index in [0.29, 0.717) is 24.7 Å². The largest absolute Gasteiger partial charge is 0.433 e. The number of hydrogen-bond acceptors (Lipinski definition) is 4. The van der Waals surface area contributed by atoms with Crippen molar-refractivity contribution in [3.63, 3.8) is 0 Å². The monoisotopic (exact) mass is 443 g/mol. The summed E-state index contributed by atoms with van der Waals surface area (Å²) >= 11 is 11.0. The van der Waals surface area contributed by atoms with Gasteiger partial charge in [0, 0.05) is 30.7 Å². The smallest absolute Gasteiger partial charge is 0.358 e. The summed E-state index contributed by atoms with van der Waals surface area (Å²) in [7, 11) is 0. The molecule has 1 fully saturated rings. The summed E-state index contributed by atoms with van der Waals surface area (Å²) in [5, 5.41) is 6.37. The van der Waals surface area contributed by atoms with Crippen LogP contribution in [0.1, 0.15) is 36.9 Å². The first-order chi connectivity index (χ1) is 13.8. The van der Waals surface area contributed by atoms with Gasteiger partial charge in [0.15, 0.2) is 10.8 Å². The van der Waals surface area contributed by atoms with Crippen molar-refractivity contribution in [2.45, 2.75) is 38.4 Å². The summed E-state index contributed by atoms with van der Waals surface area (Å²) in [5.41, 5.74) is -0.0662. The van der Waals surface area contributed by atoms with Crippen LogP contribution in [0.5, 0.6) is 0 Å². The van der Waals surface area contributed by atoms with Crippen LogP contribution in [-0.4, -0.2) is 28.2 Å². The fraction of sp³-hybridized carbons (Fsp3) is 0.421. The van der Waals surface area contributed by atoms with Crippen molar-refractivity contribution in [2.24, 2.45) is 0 Å². The molecule has 10 heteroatoms. The van der Waals surface area contributed by atoms with E-state index in [9.17, 15) is 13.2 Å². The van der Waals surface area contributed by atoms with Gasteiger partial charge in [-0.15, -0.1) is 0 Å². The number of thiocarbonyl (C=S) groups is 1. The van der Waals surface area contributed by atoms with Crippen LogP contribution in [0.15, 0.2) is 30.3 Å². The van der Waals surface area contributed by atoms with Gasteiger partial charge in [-0.3, -0.25) is 0 Å². The molecule has 1 aliphatic heterocycles. The minimum Gasteiger partial charge on any atom is -0.358 e. The fourth-order valence-electron chi connectivity index (χ4n) is 3.03. The maximum absolute atomic E-state index is 13.3. The Balaban J connectivity index is 1.73. The Hall–Kier alpha value is -2.13. The Morgan fingerprint density at radius 3 is 2.34 bits per heavy atom. The number of nitrogens with one attached hydrogen (secondary N) is 2. The Labute approximate surface area is 177 Å². The number of hydrogen-bond donors (Lipinski definition) is 2. The minimum absolute atomic E-state index is 0.140. The maximum atomic E-state index is 13.3. The second kappa shape index (κ2) is 9.58. The fourth-order valence-corrected chi connectivity index (χ4v) is 3.32. The van der Waals surface area contributed by atoms with E-state index in [2.05, 4.69) is 20.6 Å². The highest BCUT2D eigenvalue weighted by atomic mass is 35.5. The summed E-state index contributed by atoms with van der Waals surface area (Å²) < 4.78 is 40.0. The van der Waals surface area contributed by atoms with Crippen molar-refractivity contribution in [3.05, 3.63) is 46.6 Å². The molecule has 0 aliphatic carbocycles. The number of aromatic nitrogens is 2. The quantitative estimate of drug-likeness (QED) is 0.647. The average molecular weight is 444 g/mol. The molecule has 0 spiro atoms. The normalized spacial score (nSPS) is 15.0. The molecule has 0 amide bonds. The summed E-state index contributed by atoms with van der Waals surface area (Å²) in [5.74, 6) is 0.0879. The highest BCUT2D eigenvalue weighted by molar-refractivity contribution is 7.80. The summed E-state index contributed by atoms with van der Waals surface area (Å²) in [6.45, 7) is 1.74. The third-order valence-electron chi connectivity index (χ3n) is 4.52. The van der Waals surface area contributed by atoms with Gasteiger partial charge in [-0.05, 0) is 42.8 Å². The molecule has 1 saturated heterocycles. The van der Waals surface area contributed by atoms with Crippen molar-refractivity contribution in [1.29, 1.82) is 0 Å². The standard InChI is InChI=1S/C19H21ClF3N5S/c20-14-7-5-13(6-8-14)12-24-18(29)27-17-25-15(19(21,22)23)11-16(26-17)28-9-3-1-2-4-10-28/h5-8,11H,1-4,9-10,12H2,(H2,24,25,26,27,29). The van der Waals surface area contributed by atoms with E-state index in [1.54, 1.807) is 12.1 Å². The Kier molecular flexibility index (Phi) is 7.13. The van der Waals surface area contributed by atoms with Gasteiger partial charge in [-0.1, -0.05) is 36.6 Å². The van der Waals surface area contributed by atoms with Crippen molar-refractivity contribution < 1.29 is 13.2 Å². The Morgan fingerprint density at radius 2 is 1.72 bits per heavy atom. The molecule has 5 nitrogen and oxygen atoms in total. The van der Waals surface area contributed by atoms with Crippen molar-refractivity contribution in [1.82, 2.24) is 15.3 Å². The van der Waals surface area contributed by atoms with E-state index in [0.717, 1.165) is 37.3 Å². The van der Waals surface area contributed by atoms with Gasteiger partial charge in [-0.2, -0.15) is 18.2 Å². The topological polar surface area (TPSA) is 53.1 Å². The van der Waals surface area contributed by atoms with Crippen LogP contribution in [0.2, 0.25) is 5.02 Å². The third-order valence-corrected chi connectivity index (χ3v) is 5.02. The first-order valence-corrected chi connectivity index (χ1v) is 10.1. The van der Waals surface area contributed by atoms with Gasteiger partial charge in [0.2, 0.25) is 5.95 Å². The van der Waals surface area contributed by atoms with Gasteiger partial charge in [0.25, 0.3) is 0 Å². The van der Waals surface area contributed by atoms with Crippen LogP contribution in [0.3, 0.4) is 0 Å². The second-order valence-electron chi connectivity index (χ2n) is 6.77. The number of halogens is 4. The van der Waals surface area contributed by atoms with E-state index in [1.807, 2.05) is 17.0 Å². The molecule has 29 heavy (non-hydrogen) atoms. The molecular formula is C19H21ClF3N5S. The van der Waals surface area contributed by atoms with Crippen LogP contribution in [0.4, 0.5) is 24.9 Å². The average Bonchev–Trinajstić information content (AvgIpc) is 2.96. The molecule has 2 N–H and O–H groups in total. The van der Waals surface area contributed by atoms with E-state index in [1.165, 1.54) is 0 Å². The van der Waals surface area contributed by atoms with Crippen molar-refractivity contribution >= 4 is 40.7 Å². The Morgan fingerprint density at radius 1 is 1.07 bits per heavy atom. The molecular weight excluding hydrogens is 423 g/mol. The molecule has 156 valence electrons. The number of rotatable bonds is 4. The van der Waals surface area contributed by atoms with E-state index in [4.69, 9.17) is 23.8 Å². The molecule has 2 aromatic rings. The van der Waals surface area contributed by atoms with Crippen molar-refractivity contribution in [2.75, 3.05) is 23.3 Å². The van der Waals surface area contributed by atoms with Gasteiger partial charge in [0.1, 0.15) is 5.82 Å². The molecule has 2 heterocycles. The number of anilines is 2. The van der Waals surface area contributed by atoms with Gasteiger partial charge < -0.3 is 15.5 Å². The zero-order valence-corrected chi connectivity index (χ0v) is 17.2. The lowest BCUT2D eigenvalue weighted by Gasteiger charge is -2.23. The molecule has 0 radical (unpaired) electrons. The van der Waals surface area contributed by atoms with Crippen LogP contribution in [-0.2, 0) is 12.7 Å². The van der Waals surface area contributed by atoms with Gasteiger partial charge >= 0.3 is 6.18 Å². The summed E-state index contributed by atoms with van der Waals surface area (Å²) in [6, 6.07) is 8.16. The van der Waals surface area contributed by atoms with Gasteiger partial charge in [-0.25, -0.2) is 4.98 Å². The minimum atomic E-state index is -4.57. The molecule has 1 aliphatic rings. The van der Waals surface area contributed by atoms with Crippen molar-refractivity contribution in [3.8, 4) is 0 Å². The van der Waals surface area contributed by atoms with Gasteiger partial charge in [0.05, 0.1) is 0 Å². The molecule has 0 atom stereocenters. The predicted molar refractivity (Wildman–Crippen MR) is 112 cm³/mol. The molecule has 3 rings (SSSR count). The zero-order chi connectivity index (χ0) is 20.9. The van der Waals surface area contributed by atoms with Crippen LogP contribution in [0.25, 0.3) is 0 Å². The first kappa shape index (κ1) is 21.6. The predicted octanol–water partition coefficient (Wildman–Crippen LogP) is 5.02. The molecule has 1 aromatic heterocycles. The lowest BCUT2D eigenvalue weighted by Crippen LogP contribution is -2.30. The Bertz CT molecular complexity index is 837. The highest BCUT2D eigenvalue weighted by Crippen LogP contribution is 2.31. The number of benzene rings is 1. The zero-order valence-electron chi connectivity index (χ0n) is 15.6. The lowest BCUT2D eigenvalue weighted by atomic mass is 10.2. The van der Waals surface area contributed by atoms with Crippen LogP contribution >= 0.6 is 23.8 Å². The molecule has 0 unspecified atom stereocenters. The number of alkyl halides is 3. The lowest BCUT2D eigenvalue weighted by molar-refractivity contribution is -0.141. The summed E-state index contributed by atoms with van der Waals surface area (Å²) in [4.78, 5) is 9.76. The van der Waals surface area contributed by atoms with E-state index < -0.39 is 11.9 Å². The van der Waals surface area contributed by atoms with E-state index >= 15 is 0 Å². The molecule has 1 aromatic carbocycles. The second-order valence-corrected chi connectivity index (χ2v) is 7.61. The molecule has 0 bridgehead atoms. The maximum Gasteiger partial charge on any atom is 0.433 e. The SMILES string of the molecule is FC(F)(F)c1cc(N2CCCCCC2)nc(NC(=S)NCc2ccc(Cl)cc2)n1.